The average Bonchev–Trinajstić information content (AvgIpc) is 2.31. The molecule has 1 unspecified atom stereocenters. The molecule has 0 amide bonds. The maximum atomic E-state index is 12.6. The number of halogens is 3. The Hall–Kier alpha value is -0.250. The zero-order chi connectivity index (χ0) is 14.4. The van der Waals surface area contributed by atoms with Gasteiger partial charge in [-0.15, -0.1) is 0 Å². The van der Waals surface area contributed by atoms with Gasteiger partial charge in [0.05, 0.1) is 0 Å². The fraction of sp³-hybridized carbons (Fsp3) is 1.00. The Kier molecular flexibility index (Phi) is 3.81. The van der Waals surface area contributed by atoms with Crippen LogP contribution in [0.2, 0.25) is 0 Å². The third-order valence-electron chi connectivity index (χ3n) is 5.99. The molecule has 4 heteroatoms. The van der Waals surface area contributed by atoms with Crippen molar-refractivity contribution in [1.29, 1.82) is 0 Å². The van der Waals surface area contributed by atoms with Gasteiger partial charge in [-0.25, -0.2) is 0 Å². The summed E-state index contributed by atoms with van der Waals surface area (Å²) in [5.41, 5.74) is 0.177. The maximum absolute atomic E-state index is 12.6. The first-order valence-electron chi connectivity index (χ1n) is 8.20. The van der Waals surface area contributed by atoms with Crippen molar-refractivity contribution in [1.82, 2.24) is 5.32 Å². The third kappa shape index (κ3) is 2.86. The van der Waals surface area contributed by atoms with Gasteiger partial charge >= 0.3 is 6.18 Å². The Balaban J connectivity index is 1.73. The highest BCUT2D eigenvalue weighted by atomic mass is 19.4. The molecule has 0 saturated heterocycles. The summed E-state index contributed by atoms with van der Waals surface area (Å²) in [6.45, 7) is 2.80. The molecule has 4 aliphatic rings. The second kappa shape index (κ2) is 5.19. The van der Waals surface area contributed by atoms with Crippen molar-refractivity contribution in [3.05, 3.63) is 0 Å². The lowest BCUT2D eigenvalue weighted by molar-refractivity contribution is -0.143. The Morgan fingerprint density at radius 1 is 1.05 bits per heavy atom. The van der Waals surface area contributed by atoms with Gasteiger partial charge in [-0.1, -0.05) is 6.92 Å². The van der Waals surface area contributed by atoms with Gasteiger partial charge in [-0.2, -0.15) is 13.2 Å². The number of hydrogen-bond acceptors (Lipinski definition) is 1. The van der Waals surface area contributed by atoms with E-state index in [4.69, 9.17) is 0 Å². The molecule has 4 bridgehead atoms. The Morgan fingerprint density at radius 3 is 1.95 bits per heavy atom. The molecule has 0 aliphatic heterocycles. The minimum Gasteiger partial charge on any atom is -0.314 e. The predicted molar refractivity (Wildman–Crippen MR) is 73.4 cm³/mol. The van der Waals surface area contributed by atoms with Crippen LogP contribution in [-0.4, -0.2) is 18.8 Å². The molecule has 0 aromatic rings. The Morgan fingerprint density at radius 2 is 1.55 bits per heavy atom. The molecule has 0 spiro atoms. The molecule has 1 nitrogen and oxygen atoms in total. The van der Waals surface area contributed by atoms with Crippen LogP contribution in [0.1, 0.15) is 58.3 Å². The summed E-state index contributed by atoms with van der Waals surface area (Å²) in [7, 11) is 0. The van der Waals surface area contributed by atoms with Crippen LogP contribution in [0.5, 0.6) is 0 Å². The number of rotatable bonds is 5. The molecule has 0 heterocycles. The van der Waals surface area contributed by atoms with E-state index >= 15 is 0 Å². The van der Waals surface area contributed by atoms with Gasteiger partial charge < -0.3 is 5.32 Å². The average molecular weight is 289 g/mol. The Labute approximate surface area is 119 Å². The monoisotopic (exact) mass is 289 g/mol. The van der Waals surface area contributed by atoms with Gasteiger partial charge in [0.1, 0.15) is 0 Å². The van der Waals surface area contributed by atoms with E-state index in [1.807, 2.05) is 6.92 Å². The standard InChI is InChI=1S/C16H26F3N/c1-2-20-14(3-4-16(17,18)19)15-8-11-5-12(9-15)7-13(6-11)10-15/h11-14,20H,2-10H2,1H3. The molecule has 4 rings (SSSR count). The molecule has 0 radical (unpaired) electrons. The molecule has 4 saturated carbocycles. The van der Waals surface area contributed by atoms with Crippen molar-refractivity contribution >= 4 is 0 Å². The molecule has 1 atom stereocenters. The van der Waals surface area contributed by atoms with Crippen molar-refractivity contribution in [3.63, 3.8) is 0 Å². The smallest absolute Gasteiger partial charge is 0.314 e. The van der Waals surface area contributed by atoms with Gasteiger partial charge in [0, 0.05) is 12.5 Å². The normalized spacial score (nSPS) is 41.1. The van der Waals surface area contributed by atoms with Crippen molar-refractivity contribution < 1.29 is 13.2 Å². The lowest BCUT2D eigenvalue weighted by atomic mass is 9.47. The van der Waals surface area contributed by atoms with Gasteiger partial charge in [0.25, 0.3) is 0 Å². The van der Waals surface area contributed by atoms with Crippen LogP contribution >= 0.6 is 0 Å². The zero-order valence-electron chi connectivity index (χ0n) is 12.3. The first-order chi connectivity index (χ1) is 9.40. The van der Waals surface area contributed by atoms with E-state index in [1.54, 1.807) is 0 Å². The van der Waals surface area contributed by atoms with E-state index < -0.39 is 12.6 Å². The molecule has 0 aromatic heterocycles. The summed E-state index contributed by atoms with van der Waals surface area (Å²) in [6.07, 6.45) is 3.18. The van der Waals surface area contributed by atoms with Crippen LogP contribution in [0, 0.1) is 23.2 Å². The summed E-state index contributed by atoms with van der Waals surface area (Å²) >= 11 is 0. The van der Waals surface area contributed by atoms with E-state index in [1.165, 1.54) is 38.5 Å². The molecule has 116 valence electrons. The van der Waals surface area contributed by atoms with Gasteiger partial charge in [0.2, 0.25) is 0 Å². The number of nitrogens with one attached hydrogen (secondary N) is 1. The fourth-order valence-electron chi connectivity index (χ4n) is 5.78. The second-order valence-corrected chi connectivity index (χ2v) is 7.54. The van der Waals surface area contributed by atoms with Crippen molar-refractivity contribution in [2.45, 2.75) is 70.5 Å². The van der Waals surface area contributed by atoms with Gasteiger partial charge in [0.15, 0.2) is 0 Å². The van der Waals surface area contributed by atoms with Gasteiger partial charge in [-0.05, 0) is 74.7 Å². The van der Waals surface area contributed by atoms with Crippen molar-refractivity contribution in [2.24, 2.45) is 23.2 Å². The van der Waals surface area contributed by atoms with E-state index in [9.17, 15) is 13.2 Å². The highest BCUT2D eigenvalue weighted by molar-refractivity contribution is 5.06. The molecule has 1 N–H and O–H groups in total. The topological polar surface area (TPSA) is 12.0 Å². The van der Waals surface area contributed by atoms with Crippen LogP contribution in [0.4, 0.5) is 13.2 Å². The first kappa shape index (κ1) is 14.7. The van der Waals surface area contributed by atoms with Crippen LogP contribution < -0.4 is 5.32 Å². The lowest BCUT2D eigenvalue weighted by Gasteiger charge is -2.59. The van der Waals surface area contributed by atoms with Crippen LogP contribution in [0.3, 0.4) is 0 Å². The molecular weight excluding hydrogens is 263 g/mol. The molecule has 20 heavy (non-hydrogen) atoms. The van der Waals surface area contributed by atoms with E-state index in [0.29, 0.717) is 0 Å². The molecule has 0 aromatic carbocycles. The van der Waals surface area contributed by atoms with E-state index in [2.05, 4.69) is 5.32 Å². The van der Waals surface area contributed by atoms with Crippen LogP contribution in [-0.2, 0) is 0 Å². The van der Waals surface area contributed by atoms with Crippen LogP contribution in [0.15, 0.2) is 0 Å². The highest BCUT2D eigenvalue weighted by Gasteiger charge is 2.54. The molecule has 4 aliphatic carbocycles. The first-order valence-corrected chi connectivity index (χ1v) is 8.20. The van der Waals surface area contributed by atoms with Crippen molar-refractivity contribution in [2.75, 3.05) is 6.54 Å². The number of hydrogen-bond donors (Lipinski definition) is 1. The minimum absolute atomic E-state index is 0.0718. The lowest BCUT2D eigenvalue weighted by Crippen LogP contribution is -2.56. The van der Waals surface area contributed by atoms with Crippen LogP contribution in [0.25, 0.3) is 0 Å². The summed E-state index contributed by atoms with van der Waals surface area (Å²) in [5, 5.41) is 3.41. The summed E-state index contributed by atoms with van der Waals surface area (Å²) in [6, 6.07) is 0.0718. The summed E-state index contributed by atoms with van der Waals surface area (Å²) in [4.78, 5) is 0. The quantitative estimate of drug-likeness (QED) is 0.784. The molecular formula is C16H26F3N. The summed E-state index contributed by atoms with van der Waals surface area (Å²) < 4.78 is 37.8. The highest BCUT2D eigenvalue weighted by Crippen LogP contribution is 2.61. The predicted octanol–water partition coefficient (Wildman–Crippen LogP) is 4.52. The SMILES string of the molecule is CCNC(CCC(F)(F)F)C12CC3CC(CC(C3)C1)C2. The minimum atomic E-state index is -4.02. The summed E-state index contributed by atoms with van der Waals surface area (Å²) in [5.74, 6) is 2.40. The second-order valence-electron chi connectivity index (χ2n) is 7.54. The van der Waals surface area contributed by atoms with Gasteiger partial charge in [-0.3, -0.25) is 0 Å². The third-order valence-corrected chi connectivity index (χ3v) is 5.99. The maximum Gasteiger partial charge on any atom is 0.389 e. The molecule has 4 fully saturated rings. The largest absolute Gasteiger partial charge is 0.389 e. The zero-order valence-corrected chi connectivity index (χ0v) is 12.3. The fourth-order valence-corrected chi connectivity index (χ4v) is 5.78. The Bertz CT molecular complexity index is 315. The van der Waals surface area contributed by atoms with E-state index in [-0.39, 0.29) is 17.9 Å². The van der Waals surface area contributed by atoms with Crippen molar-refractivity contribution in [3.8, 4) is 0 Å². The number of alkyl halides is 3. The van der Waals surface area contributed by atoms with E-state index in [0.717, 1.165) is 24.3 Å².